The summed E-state index contributed by atoms with van der Waals surface area (Å²) in [5.41, 5.74) is 12.3. The van der Waals surface area contributed by atoms with Gasteiger partial charge in [0.15, 0.2) is 17.5 Å². The maximum atomic E-state index is 6.95. The summed E-state index contributed by atoms with van der Waals surface area (Å²) in [5, 5.41) is 9.54. The molecule has 0 spiro atoms. The van der Waals surface area contributed by atoms with Crippen LogP contribution in [0.5, 0.6) is 0 Å². The molecule has 0 aliphatic rings. The summed E-state index contributed by atoms with van der Waals surface area (Å²) in [6.45, 7) is 2.14. The van der Waals surface area contributed by atoms with Gasteiger partial charge < -0.3 is 13.4 Å². The largest absolute Gasteiger partial charge is 0.455 e. The second kappa shape index (κ2) is 11.6. The Hall–Kier alpha value is -7.83. The lowest BCUT2D eigenvalue weighted by Gasteiger charge is -2.15. The van der Waals surface area contributed by atoms with Crippen molar-refractivity contribution >= 4 is 81.8 Å². The Labute approximate surface area is 331 Å². The third-order valence-corrected chi connectivity index (χ3v) is 12.0. The van der Waals surface area contributed by atoms with Crippen LogP contribution in [-0.4, -0.2) is 23.9 Å². The van der Waals surface area contributed by atoms with Crippen molar-refractivity contribution in [2.24, 2.45) is 0 Å². The number of aryl methyl sites for hydroxylation is 1. The Morgan fingerprint density at radius 1 is 0.431 bits per heavy atom. The molecule has 0 amide bonds. The predicted octanol–water partition coefficient (Wildman–Crippen LogP) is 13.3. The van der Waals surface area contributed by atoms with Crippen LogP contribution in [-0.2, 0) is 0 Å². The lowest BCUT2D eigenvalue weighted by atomic mass is 10.0. The third kappa shape index (κ3) is 4.23. The zero-order valence-corrected chi connectivity index (χ0v) is 31.3. The van der Waals surface area contributed by atoms with Gasteiger partial charge in [-0.25, -0.2) is 15.0 Å². The molecule has 0 radical (unpaired) electrons. The van der Waals surface area contributed by atoms with Gasteiger partial charge in [-0.05, 0) is 48.9 Å². The summed E-state index contributed by atoms with van der Waals surface area (Å²) in [6, 6.07) is 59.9. The van der Waals surface area contributed by atoms with Crippen LogP contribution in [0.15, 0.2) is 174 Å². The minimum Gasteiger partial charge on any atom is -0.455 e. The summed E-state index contributed by atoms with van der Waals surface area (Å²) >= 11 is 0. The topological polar surface area (TPSA) is 61.2 Å². The van der Waals surface area contributed by atoms with E-state index in [9.17, 15) is 0 Å². The Morgan fingerprint density at radius 3 is 1.71 bits per heavy atom. The lowest BCUT2D eigenvalue weighted by Crippen LogP contribution is -2.03. The van der Waals surface area contributed by atoms with Crippen LogP contribution in [0.3, 0.4) is 0 Å². The summed E-state index contributed by atoms with van der Waals surface area (Å²) in [5.74, 6) is 1.80. The number of para-hydroxylation sites is 4. The van der Waals surface area contributed by atoms with E-state index in [2.05, 4.69) is 119 Å². The number of nitrogens with zero attached hydrogens (tertiary/aromatic N) is 5. The van der Waals surface area contributed by atoms with Gasteiger partial charge in [0.2, 0.25) is 0 Å². The van der Waals surface area contributed by atoms with Gasteiger partial charge in [0, 0.05) is 48.8 Å². The van der Waals surface area contributed by atoms with Crippen LogP contribution in [0.25, 0.3) is 122 Å². The van der Waals surface area contributed by atoms with E-state index < -0.39 is 0 Å². The van der Waals surface area contributed by atoms with Gasteiger partial charge in [0.1, 0.15) is 11.2 Å². The maximum absolute atomic E-state index is 6.95. The monoisotopic (exact) mass is 741 g/mol. The van der Waals surface area contributed by atoms with Crippen molar-refractivity contribution < 1.29 is 4.42 Å². The van der Waals surface area contributed by atoms with Crippen LogP contribution in [0.2, 0.25) is 0 Å². The number of hydrogen-bond donors (Lipinski definition) is 0. The number of furan rings is 1. The molecule has 0 aliphatic heterocycles. The normalized spacial score (nSPS) is 12.2. The first kappa shape index (κ1) is 31.4. The molecule has 5 aromatic heterocycles. The Morgan fingerprint density at radius 2 is 0.983 bits per heavy atom. The zero-order valence-electron chi connectivity index (χ0n) is 31.3. The Kier molecular flexibility index (Phi) is 6.28. The molecule has 0 atom stereocenters. The van der Waals surface area contributed by atoms with Crippen molar-refractivity contribution in [1.29, 1.82) is 0 Å². The summed E-state index contributed by atoms with van der Waals surface area (Å²) < 4.78 is 11.8. The fraction of sp³-hybridized carbons (Fsp3) is 0.0192. The second-order valence-electron chi connectivity index (χ2n) is 15.2. The molecule has 0 fully saturated rings. The molecule has 0 saturated heterocycles. The van der Waals surface area contributed by atoms with Crippen LogP contribution >= 0.6 is 0 Å². The van der Waals surface area contributed by atoms with E-state index in [0.717, 1.165) is 60.9 Å². The number of aromatic nitrogens is 5. The number of fused-ring (bicyclic) bond motifs is 12. The van der Waals surface area contributed by atoms with Crippen LogP contribution in [0.1, 0.15) is 5.56 Å². The highest BCUT2D eigenvalue weighted by atomic mass is 16.3. The summed E-state index contributed by atoms with van der Waals surface area (Å²) in [4.78, 5) is 15.3. The molecule has 58 heavy (non-hydrogen) atoms. The van der Waals surface area contributed by atoms with Crippen molar-refractivity contribution in [3.8, 4) is 39.9 Å². The highest BCUT2D eigenvalue weighted by Crippen LogP contribution is 2.46. The van der Waals surface area contributed by atoms with Gasteiger partial charge in [0.05, 0.1) is 44.2 Å². The van der Waals surface area contributed by atoms with Crippen molar-refractivity contribution in [2.75, 3.05) is 0 Å². The molecular weight excluding hydrogens is 711 g/mol. The average Bonchev–Trinajstić information content (AvgIpc) is 4.02. The smallest absolute Gasteiger partial charge is 0.168 e. The molecule has 6 heteroatoms. The van der Waals surface area contributed by atoms with Gasteiger partial charge in [-0.15, -0.1) is 0 Å². The van der Waals surface area contributed by atoms with E-state index in [1.807, 2.05) is 66.7 Å². The number of hydrogen-bond acceptors (Lipinski definition) is 4. The molecule has 13 rings (SSSR count). The first-order valence-corrected chi connectivity index (χ1v) is 19.6. The van der Waals surface area contributed by atoms with Crippen molar-refractivity contribution in [3.63, 3.8) is 0 Å². The maximum Gasteiger partial charge on any atom is 0.168 e. The molecule has 0 unspecified atom stereocenters. The van der Waals surface area contributed by atoms with E-state index in [0.29, 0.717) is 17.5 Å². The molecule has 8 aromatic carbocycles. The number of rotatable bonds is 4. The molecule has 5 heterocycles. The molecule has 0 saturated carbocycles. The molecule has 0 N–H and O–H groups in total. The van der Waals surface area contributed by atoms with Gasteiger partial charge in [0.25, 0.3) is 0 Å². The fourth-order valence-electron chi connectivity index (χ4n) is 9.53. The zero-order chi connectivity index (χ0) is 38.1. The van der Waals surface area contributed by atoms with Crippen LogP contribution in [0.4, 0.5) is 0 Å². The first-order chi connectivity index (χ1) is 28.7. The van der Waals surface area contributed by atoms with E-state index in [-0.39, 0.29) is 0 Å². The van der Waals surface area contributed by atoms with E-state index in [4.69, 9.17) is 19.4 Å². The lowest BCUT2D eigenvalue weighted by molar-refractivity contribution is 0.669. The van der Waals surface area contributed by atoms with E-state index in [1.54, 1.807) is 0 Å². The SMILES string of the molecule is Cc1cc(-n2c3ccccc3c3cc4c5cccc6c7ccccc7n(c4cc32)c65)c2c(oc3ccccc32)c1-c1nc(-c2ccccc2)nc(-c2ccccc2)n1. The average molecular weight is 742 g/mol. The minimum atomic E-state index is 0.571. The third-order valence-electron chi connectivity index (χ3n) is 12.0. The van der Waals surface area contributed by atoms with E-state index in [1.165, 1.54) is 48.9 Å². The van der Waals surface area contributed by atoms with Crippen LogP contribution in [0, 0.1) is 6.92 Å². The predicted molar refractivity (Wildman–Crippen MR) is 237 cm³/mol. The van der Waals surface area contributed by atoms with Gasteiger partial charge in [-0.1, -0.05) is 133 Å². The van der Waals surface area contributed by atoms with Gasteiger partial charge in [-0.3, -0.25) is 0 Å². The molecule has 6 nitrogen and oxygen atoms in total. The van der Waals surface area contributed by atoms with Gasteiger partial charge in [-0.2, -0.15) is 0 Å². The molecule has 0 aliphatic carbocycles. The van der Waals surface area contributed by atoms with Gasteiger partial charge >= 0.3 is 0 Å². The molecule has 270 valence electrons. The first-order valence-electron chi connectivity index (χ1n) is 19.6. The highest BCUT2D eigenvalue weighted by Gasteiger charge is 2.26. The Bertz CT molecular complexity index is 3740. The fourth-order valence-corrected chi connectivity index (χ4v) is 9.53. The number of benzene rings is 8. The Balaban J connectivity index is 1.15. The summed E-state index contributed by atoms with van der Waals surface area (Å²) in [7, 11) is 0. The molecule has 13 aromatic rings. The second-order valence-corrected chi connectivity index (χ2v) is 15.2. The van der Waals surface area contributed by atoms with Crippen LogP contribution < -0.4 is 0 Å². The minimum absolute atomic E-state index is 0.571. The van der Waals surface area contributed by atoms with Crippen molar-refractivity contribution in [2.45, 2.75) is 6.92 Å². The van der Waals surface area contributed by atoms with Crippen molar-refractivity contribution in [3.05, 3.63) is 175 Å². The quantitative estimate of drug-likeness (QED) is 0.180. The standard InChI is InChI=1S/C52H31N5O/c1-30-27-44(56-40-24-11-9-20-34(40)38-28-39-36-23-14-22-35-33-19-8-12-25-41(33)57(48(35)36)43(39)29-42(38)56)47-37-21-10-13-26-45(37)58-49(47)46(30)52-54-50(31-15-4-2-5-16-31)53-51(55-52)32-17-6-3-7-18-32/h2-29H,1H3. The van der Waals surface area contributed by atoms with Crippen molar-refractivity contribution in [1.82, 2.24) is 23.9 Å². The summed E-state index contributed by atoms with van der Waals surface area (Å²) in [6.07, 6.45) is 0. The molecular formula is C52H31N5O. The highest BCUT2D eigenvalue weighted by molar-refractivity contribution is 6.26. The molecule has 0 bridgehead atoms. The van der Waals surface area contributed by atoms with E-state index >= 15 is 0 Å².